The van der Waals surface area contributed by atoms with Crippen LogP contribution in [0.2, 0.25) is 0 Å². The van der Waals surface area contributed by atoms with E-state index in [4.69, 9.17) is 5.26 Å². The summed E-state index contributed by atoms with van der Waals surface area (Å²) in [5, 5.41) is 18.8. The third-order valence-electron chi connectivity index (χ3n) is 5.14. The first-order valence-electron chi connectivity index (χ1n) is 9.77. The van der Waals surface area contributed by atoms with Gasteiger partial charge in [0.2, 0.25) is 11.3 Å². The molecule has 0 radical (unpaired) electrons. The van der Waals surface area contributed by atoms with E-state index >= 15 is 0 Å². The summed E-state index contributed by atoms with van der Waals surface area (Å²) in [6.45, 7) is 1.69. The Hall–Kier alpha value is -4.25. The molecule has 8 nitrogen and oxygen atoms in total. The number of carbonyl (C=O) groups is 2. The van der Waals surface area contributed by atoms with Gasteiger partial charge in [0.1, 0.15) is 6.04 Å². The summed E-state index contributed by atoms with van der Waals surface area (Å²) in [5.41, 5.74) is 2.34. The maximum Gasteiger partial charge on any atom is 0.276 e. The maximum absolute atomic E-state index is 12.9. The minimum Gasteiger partial charge on any atom is -0.339 e. The molecule has 1 aromatic heterocycles. The lowest BCUT2D eigenvalue weighted by Crippen LogP contribution is -2.45. The van der Waals surface area contributed by atoms with E-state index in [1.807, 2.05) is 24.3 Å². The molecule has 0 saturated heterocycles. The topological polar surface area (TPSA) is 117 Å². The number of amides is 2. The first-order valence-corrected chi connectivity index (χ1v) is 9.77. The summed E-state index contributed by atoms with van der Waals surface area (Å²) in [5.74, 6) is -1.06. The zero-order valence-corrected chi connectivity index (χ0v) is 16.8. The van der Waals surface area contributed by atoms with E-state index in [0.717, 1.165) is 11.3 Å². The summed E-state index contributed by atoms with van der Waals surface area (Å²) < 4.78 is 1.43. The van der Waals surface area contributed by atoms with Gasteiger partial charge < -0.3 is 10.6 Å². The number of aryl methyl sites for hydroxylation is 2. The SMILES string of the molecule is Cc1cc(=O)c(C(=O)NC2CCc3ccccc3NC2=O)nn1-c1cccc(C#N)c1. The van der Waals surface area contributed by atoms with Crippen LogP contribution in [-0.2, 0) is 11.2 Å². The van der Waals surface area contributed by atoms with Crippen molar-refractivity contribution in [2.24, 2.45) is 0 Å². The van der Waals surface area contributed by atoms with Crippen LogP contribution >= 0.6 is 0 Å². The fourth-order valence-electron chi connectivity index (χ4n) is 3.55. The summed E-state index contributed by atoms with van der Waals surface area (Å²) in [7, 11) is 0. The normalized spacial score (nSPS) is 15.2. The highest BCUT2D eigenvalue weighted by Gasteiger charge is 2.27. The number of benzene rings is 2. The zero-order valence-electron chi connectivity index (χ0n) is 16.8. The van der Waals surface area contributed by atoms with Gasteiger partial charge in [-0.3, -0.25) is 14.4 Å². The summed E-state index contributed by atoms with van der Waals surface area (Å²) in [4.78, 5) is 37.9. The molecule has 154 valence electrons. The second kappa shape index (κ2) is 8.24. The van der Waals surface area contributed by atoms with Crippen LogP contribution in [0, 0.1) is 18.3 Å². The van der Waals surface area contributed by atoms with Gasteiger partial charge in [-0.1, -0.05) is 24.3 Å². The number of hydrogen-bond acceptors (Lipinski definition) is 5. The van der Waals surface area contributed by atoms with Crippen molar-refractivity contribution >= 4 is 17.5 Å². The fourth-order valence-corrected chi connectivity index (χ4v) is 3.55. The van der Waals surface area contributed by atoms with Gasteiger partial charge in [-0.15, -0.1) is 0 Å². The van der Waals surface area contributed by atoms with Crippen molar-refractivity contribution in [3.63, 3.8) is 0 Å². The lowest BCUT2D eigenvalue weighted by atomic mass is 10.1. The molecule has 31 heavy (non-hydrogen) atoms. The predicted octanol–water partition coefficient (Wildman–Crippen LogP) is 2.10. The molecule has 0 fully saturated rings. The molecule has 8 heteroatoms. The van der Waals surface area contributed by atoms with E-state index in [1.54, 1.807) is 31.2 Å². The van der Waals surface area contributed by atoms with Gasteiger partial charge in [-0.25, -0.2) is 4.68 Å². The minimum atomic E-state index is -0.794. The van der Waals surface area contributed by atoms with Crippen LogP contribution in [0.1, 0.15) is 33.7 Å². The molecule has 2 aromatic carbocycles. The van der Waals surface area contributed by atoms with Gasteiger partial charge >= 0.3 is 0 Å². The van der Waals surface area contributed by atoms with Gasteiger partial charge in [0.25, 0.3) is 5.91 Å². The molecule has 1 unspecified atom stereocenters. The van der Waals surface area contributed by atoms with E-state index in [0.29, 0.717) is 29.8 Å². The number of aromatic nitrogens is 2. The number of carbonyl (C=O) groups excluding carboxylic acids is 2. The third kappa shape index (κ3) is 4.07. The van der Waals surface area contributed by atoms with E-state index in [2.05, 4.69) is 21.8 Å². The number of fused-ring (bicyclic) bond motifs is 1. The summed E-state index contributed by atoms with van der Waals surface area (Å²) in [6.07, 6.45) is 1.01. The van der Waals surface area contributed by atoms with E-state index < -0.39 is 17.4 Å². The van der Waals surface area contributed by atoms with Gasteiger partial charge in [0.15, 0.2) is 5.69 Å². The number of para-hydroxylation sites is 1. The Morgan fingerprint density at radius 1 is 1.19 bits per heavy atom. The molecule has 0 aliphatic carbocycles. The Morgan fingerprint density at radius 3 is 2.81 bits per heavy atom. The van der Waals surface area contributed by atoms with Crippen LogP contribution in [0.25, 0.3) is 5.69 Å². The maximum atomic E-state index is 12.9. The van der Waals surface area contributed by atoms with Gasteiger partial charge in [-0.05, 0) is 49.6 Å². The smallest absolute Gasteiger partial charge is 0.276 e. The Morgan fingerprint density at radius 2 is 2.00 bits per heavy atom. The number of rotatable bonds is 3. The van der Waals surface area contributed by atoms with Crippen LogP contribution in [-0.4, -0.2) is 27.6 Å². The molecule has 0 saturated carbocycles. The molecule has 0 spiro atoms. The second-order valence-electron chi connectivity index (χ2n) is 7.28. The van der Waals surface area contributed by atoms with E-state index in [1.165, 1.54) is 10.7 Å². The molecule has 3 aromatic rings. The van der Waals surface area contributed by atoms with Crippen LogP contribution in [0.5, 0.6) is 0 Å². The van der Waals surface area contributed by atoms with Gasteiger partial charge in [-0.2, -0.15) is 10.4 Å². The lowest BCUT2D eigenvalue weighted by Gasteiger charge is -2.16. The summed E-state index contributed by atoms with van der Waals surface area (Å²) >= 11 is 0. The first kappa shape index (κ1) is 20.0. The number of anilines is 1. The van der Waals surface area contributed by atoms with Crippen molar-refractivity contribution < 1.29 is 9.59 Å². The number of nitriles is 1. The Bertz CT molecular complexity index is 1290. The van der Waals surface area contributed by atoms with Crippen LogP contribution in [0.15, 0.2) is 59.4 Å². The molecule has 4 rings (SSSR count). The average molecular weight is 413 g/mol. The Labute approximate surface area is 178 Å². The van der Waals surface area contributed by atoms with E-state index in [-0.39, 0.29) is 11.6 Å². The van der Waals surface area contributed by atoms with Crippen molar-refractivity contribution in [1.82, 2.24) is 15.1 Å². The molecular formula is C23H19N5O3. The Balaban J connectivity index is 1.61. The molecule has 0 bridgehead atoms. The van der Waals surface area contributed by atoms with Gasteiger partial charge in [0, 0.05) is 17.4 Å². The van der Waals surface area contributed by atoms with E-state index in [9.17, 15) is 14.4 Å². The Kier molecular flexibility index (Phi) is 5.33. The molecular weight excluding hydrogens is 394 g/mol. The van der Waals surface area contributed by atoms with Gasteiger partial charge in [0.05, 0.1) is 17.3 Å². The highest BCUT2D eigenvalue weighted by atomic mass is 16.2. The quantitative estimate of drug-likeness (QED) is 0.682. The van der Waals surface area contributed by atoms with Crippen molar-refractivity contribution in [1.29, 1.82) is 5.26 Å². The average Bonchev–Trinajstić information content (AvgIpc) is 2.92. The predicted molar refractivity (Wildman–Crippen MR) is 114 cm³/mol. The van der Waals surface area contributed by atoms with Crippen molar-refractivity contribution in [2.45, 2.75) is 25.8 Å². The van der Waals surface area contributed by atoms with Crippen LogP contribution in [0.3, 0.4) is 0 Å². The van der Waals surface area contributed by atoms with Crippen molar-refractivity contribution in [2.75, 3.05) is 5.32 Å². The van der Waals surface area contributed by atoms with Crippen LogP contribution < -0.4 is 16.1 Å². The molecule has 2 amide bonds. The van der Waals surface area contributed by atoms with Crippen molar-refractivity contribution in [3.8, 4) is 11.8 Å². The third-order valence-corrected chi connectivity index (χ3v) is 5.14. The molecule has 2 heterocycles. The number of nitrogens with one attached hydrogen (secondary N) is 2. The lowest BCUT2D eigenvalue weighted by molar-refractivity contribution is -0.118. The fraction of sp³-hybridized carbons (Fsp3) is 0.174. The molecule has 1 atom stereocenters. The highest BCUT2D eigenvalue weighted by molar-refractivity contribution is 6.01. The molecule has 1 aliphatic heterocycles. The van der Waals surface area contributed by atoms with Crippen molar-refractivity contribution in [3.05, 3.63) is 87.3 Å². The first-order chi connectivity index (χ1) is 15.0. The standard InChI is InChI=1S/C23H19N5O3/c1-14-11-20(29)21(27-28(14)17-7-4-5-15(12-17)13-24)23(31)26-19-10-9-16-6-2-3-8-18(16)25-22(19)30/h2-8,11-12,19H,9-10H2,1H3,(H,25,30)(H,26,31). The molecule has 1 aliphatic rings. The monoisotopic (exact) mass is 413 g/mol. The summed E-state index contributed by atoms with van der Waals surface area (Å²) in [6, 6.07) is 16.7. The highest BCUT2D eigenvalue weighted by Crippen LogP contribution is 2.21. The molecule has 2 N–H and O–H groups in total. The largest absolute Gasteiger partial charge is 0.339 e. The number of hydrogen-bond donors (Lipinski definition) is 2. The zero-order chi connectivity index (χ0) is 22.0. The van der Waals surface area contributed by atoms with Crippen LogP contribution in [0.4, 0.5) is 5.69 Å². The number of nitrogens with zero attached hydrogens (tertiary/aromatic N) is 3. The second-order valence-corrected chi connectivity index (χ2v) is 7.28. The minimum absolute atomic E-state index is 0.317.